The standard InChI is InChI=1S/C29H30N2O7S/c1-5-6-13-38-28(33)24-22(30)21(15-17-9-7-11-19(14-17)35-2)23-26(29(34)37-4)39-25(27(32)31(23)24)18-10-8-12-20(16-18)36-3/h7-12,14-16,25H,5-6,13,30H2,1-4H3/b21-15+/t25-/m0/s1. The van der Waals surface area contributed by atoms with E-state index in [0.717, 1.165) is 18.2 Å². The van der Waals surface area contributed by atoms with Crippen molar-refractivity contribution in [2.24, 2.45) is 0 Å². The normalized spacial score (nSPS) is 15.1. The molecule has 3 aromatic rings. The second kappa shape index (κ2) is 12.1. The van der Waals surface area contributed by atoms with Crippen molar-refractivity contribution < 1.29 is 33.3 Å². The van der Waals surface area contributed by atoms with E-state index in [9.17, 15) is 14.4 Å². The van der Waals surface area contributed by atoms with Gasteiger partial charge in [0.25, 0.3) is 0 Å². The van der Waals surface area contributed by atoms with Crippen LogP contribution in [0.2, 0.25) is 0 Å². The molecule has 1 aliphatic rings. The average Bonchev–Trinajstić information content (AvgIpc) is 3.25. The largest absolute Gasteiger partial charge is 0.497 e. The van der Waals surface area contributed by atoms with Crippen LogP contribution in [0.25, 0.3) is 11.0 Å². The fraction of sp³-hybridized carbons (Fsp3) is 0.276. The van der Waals surface area contributed by atoms with Gasteiger partial charge in [-0.3, -0.25) is 9.36 Å². The third kappa shape index (κ3) is 5.51. The molecular weight excluding hydrogens is 520 g/mol. The number of nitrogens with zero attached hydrogens (tertiary/aromatic N) is 1. The van der Waals surface area contributed by atoms with Crippen molar-refractivity contribution in [3.63, 3.8) is 0 Å². The fourth-order valence-corrected chi connectivity index (χ4v) is 5.49. The third-order valence-corrected chi connectivity index (χ3v) is 7.54. The Labute approximate surface area is 230 Å². The number of fused-ring (bicyclic) bond motifs is 1. The van der Waals surface area contributed by atoms with Gasteiger partial charge in [-0.1, -0.05) is 49.4 Å². The van der Waals surface area contributed by atoms with Crippen molar-refractivity contribution in [2.75, 3.05) is 33.7 Å². The Morgan fingerprint density at radius 2 is 1.72 bits per heavy atom. The smallest absolute Gasteiger partial charge is 0.357 e. The van der Waals surface area contributed by atoms with Gasteiger partial charge in [0.15, 0.2) is 5.69 Å². The van der Waals surface area contributed by atoms with Crippen molar-refractivity contribution in [3.05, 3.63) is 75.9 Å². The zero-order chi connectivity index (χ0) is 28.1. The Kier molecular flexibility index (Phi) is 8.65. The maximum atomic E-state index is 14.1. The van der Waals surface area contributed by atoms with E-state index in [1.807, 2.05) is 13.0 Å². The summed E-state index contributed by atoms with van der Waals surface area (Å²) < 4.78 is 22.5. The molecule has 10 heteroatoms. The Balaban J connectivity index is 2.04. The first-order valence-corrected chi connectivity index (χ1v) is 13.2. The molecule has 1 aliphatic heterocycles. The number of carbonyl (C=O) groups excluding carboxylic acids is 3. The van der Waals surface area contributed by atoms with Crippen LogP contribution in [0.4, 0.5) is 5.69 Å². The molecule has 39 heavy (non-hydrogen) atoms. The van der Waals surface area contributed by atoms with Crippen molar-refractivity contribution in [2.45, 2.75) is 25.0 Å². The SMILES string of the molecule is CCCCOC(=O)c1c(N)/c(=C\c2cccc(OC)c2)c2n1C(=O)[C@H](c1cccc(OC)c1)SC=2C(=O)OC. The topological polar surface area (TPSA) is 119 Å². The number of nitrogen functional groups attached to an aromatic ring is 1. The van der Waals surface area contributed by atoms with E-state index in [1.165, 1.54) is 18.8 Å². The Hall–Kier alpha value is -4.18. The lowest BCUT2D eigenvalue weighted by Gasteiger charge is -2.23. The highest BCUT2D eigenvalue weighted by Gasteiger charge is 2.38. The number of hydrogen-bond acceptors (Lipinski definition) is 9. The summed E-state index contributed by atoms with van der Waals surface area (Å²) in [5.74, 6) is -0.707. The third-order valence-electron chi connectivity index (χ3n) is 6.24. The summed E-state index contributed by atoms with van der Waals surface area (Å²) in [5.41, 5.74) is 7.75. The van der Waals surface area contributed by atoms with Crippen LogP contribution in [0.1, 0.15) is 51.4 Å². The van der Waals surface area contributed by atoms with E-state index >= 15 is 0 Å². The maximum absolute atomic E-state index is 14.1. The monoisotopic (exact) mass is 550 g/mol. The molecule has 0 saturated heterocycles. The molecule has 204 valence electrons. The van der Waals surface area contributed by atoms with Crippen molar-refractivity contribution in [1.29, 1.82) is 0 Å². The molecule has 2 aromatic carbocycles. The van der Waals surface area contributed by atoms with Gasteiger partial charge < -0.3 is 24.7 Å². The van der Waals surface area contributed by atoms with Crippen LogP contribution in [-0.4, -0.2) is 50.3 Å². The molecule has 0 bridgehead atoms. The molecule has 0 saturated carbocycles. The lowest BCUT2D eigenvalue weighted by Crippen LogP contribution is -2.42. The minimum absolute atomic E-state index is 0.0240. The van der Waals surface area contributed by atoms with Gasteiger partial charge in [-0.25, -0.2) is 9.59 Å². The van der Waals surface area contributed by atoms with Gasteiger partial charge in [0.2, 0.25) is 5.91 Å². The number of anilines is 1. The Morgan fingerprint density at radius 1 is 1.03 bits per heavy atom. The number of hydrogen-bond donors (Lipinski definition) is 1. The molecule has 0 spiro atoms. The number of aromatic nitrogens is 1. The summed E-state index contributed by atoms with van der Waals surface area (Å²) in [6.07, 6.45) is 3.17. The van der Waals surface area contributed by atoms with Crippen LogP contribution in [0.15, 0.2) is 48.5 Å². The molecule has 0 aliphatic carbocycles. The molecule has 1 atom stereocenters. The molecule has 4 rings (SSSR count). The number of thioether (sulfide) groups is 1. The zero-order valence-corrected chi connectivity index (χ0v) is 23.0. The second-order valence-electron chi connectivity index (χ2n) is 8.70. The van der Waals surface area contributed by atoms with Crippen LogP contribution in [0.5, 0.6) is 11.5 Å². The molecule has 9 nitrogen and oxygen atoms in total. The lowest BCUT2D eigenvalue weighted by molar-refractivity contribution is -0.133. The molecule has 2 N–H and O–H groups in total. The van der Waals surface area contributed by atoms with Gasteiger partial charge in [0.05, 0.1) is 39.0 Å². The molecule has 0 unspecified atom stereocenters. The fourth-order valence-electron chi connectivity index (χ4n) is 4.27. The van der Waals surface area contributed by atoms with Crippen molar-refractivity contribution in [1.82, 2.24) is 4.57 Å². The number of methoxy groups -OCH3 is 3. The molecule has 1 aromatic heterocycles. The number of carbonyl (C=O) groups is 3. The van der Waals surface area contributed by atoms with E-state index in [4.69, 9.17) is 24.7 Å². The van der Waals surface area contributed by atoms with Crippen molar-refractivity contribution in [3.8, 4) is 11.5 Å². The molecular formula is C29H30N2O7S. The number of rotatable bonds is 9. The first kappa shape index (κ1) is 27.8. The lowest BCUT2D eigenvalue weighted by atomic mass is 10.1. The van der Waals surface area contributed by atoms with Crippen molar-refractivity contribution >= 4 is 46.3 Å². The zero-order valence-electron chi connectivity index (χ0n) is 22.2. The number of esters is 2. The number of benzene rings is 2. The van der Waals surface area contributed by atoms with Gasteiger partial charge in [-0.15, -0.1) is 0 Å². The second-order valence-corrected chi connectivity index (χ2v) is 9.82. The minimum atomic E-state index is -0.875. The van der Waals surface area contributed by atoms with Crippen LogP contribution < -0.4 is 25.8 Å². The number of nitrogens with two attached hydrogens (primary N) is 1. The summed E-state index contributed by atoms with van der Waals surface area (Å²) in [4.78, 5) is 40.7. The molecule has 2 heterocycles. The first-order chi connectivity index (χ1) is 18.8. The number of unbranched alkanes of at least 4 members (excludes halogenated alkanes) is 1. The maximum Gasteiger partial charge on any atom is 0.357 e. The summed E-state index contributed by atoms with van der Waals surface area (Å²) in [5, 5.41) is -0.366. The van der Waals surface area contributed by atoms with Crippen LogP contribution >= 0.6 is 11.8 Å². The summed E-state index contributed by atoms with van der Waals surface area (Å²) in [6, 6.07) is 14.2. The number of ether oxygens (including phenoxy) is 4. The predicted octanol–water partition coefficient (Wildman–Crippen LogP) is 3.28. The van der Waals surface area contributed by atoms with Crippen LogP contribution in [-0.2, 0) is 14.3 Å². The van der Waals surface area contributed by atoms with Gasteiger partial charge in [0.1, 0.15) is 21.7 Å². The predicted molar refractivity (Wildman–Crippen MR) is 149 cm³/mol. The average molecular weight is 551 g/mol. The minimum Gasteiger partial charge on any atom is -0.497 e. The van der Waals surface area contributed by atoms with Gasteiger partial charge in [-0.05, 0) is 47.9 Å². The molecule has 0 amide bonds. The van der Waals surface area contributed by atoms with Crippen LogP contribution in [0, 0.1) is 0 Å². The van der Waals surface area contributed by atoms with E-state index in [2.05, 4.69) is 0 Å². The quantitative estimate of drug-likeness (QED) is 0.316. The van der Waals surface area contributed by atoms with Gasteiger partial charge in [-0.2, -0.15) is 0 Å². The van der Waals surface area contributed by atoms with E-state index in [1.54, 1.807) is 55.7 Å². The summed E-state index contributed by atoms with van der Waals surface area (Å²) in [7, 11) is 4.33. The first-order valence-electron chi connectivity index (χ1n) is 12.3. The van der Waals surface area contributed by atoms with E-state index in [0.29, 0.717) is 34.3 Å². The summed E-state index contributed by atoms with van der Waals surface area (Å²) >= 11 is 1.04. The van der Waals surface area contributed by atoms with E-state index < -0.39 is 23.1 Å². The summed E-state index contributed by atoms with van der Waals surface area (Å²) in [6.45, 7) is 2.14. The Bertz CT molecular complexity index is 1540. The van der Waals surface area contributed by atoms with Crippen LogP contribution in [0.3, 0.4) is 0 Å². The molecule has 0 radical (unpaired) electrons. The highest BCUT2D eigenvalue weighted by atomic mass is 32.2. The molecule has 0 fully saturated rings. The highest BCUT2D eigenvalue weighted by Crippen LogP contribution is 2.40. The van der Waals surface area contributed by atoms with E-state index in [-0.39, 0.29) is 28.2 Å². The Morgan fingerprint density at radius 3 is 2.38 bits per heavy atom. The van der Waals surface area contributed by atoms with Gasteiger partial charge >= 0.3 is 11.9 Å². The van der Waals surface area contributed by atoms with Gasteiger partial charge in [0, 0.05) is 5.22 Å². The highest BCUT2D eigenvalue weighted by molar-refractivity contribution is 8.10.